The fourth-order valence-corrected chi connectivity index (χ4v) is 3.09. The van der Waals surface area contributed by atoms with Crippen molar-refractivity contribution in [3.63, 3.8) is 0 Å². The van der Waals surface area contributed by atoms with Gasteiger partial charge in [0.1, 0.15) is 0 Å². The summed E-state index contributed by atoms with van der Waals surface area (Å²) in [6, 6.07) is 5.73. The second kappa shape index (κ2) is 4.52. The number of aromatic nitrogens is 1. The van der Waals surface area contributed by atoms with E-state index in [-0.39, 0.29) is 0 Å². The average Bonchev–Trinajstić information content (AvgIpc) is 3.01. The maximum Gasteiger partial charge on any atom is 0.0353 e. The van der Waals surface area contributed by atoms with Crippen LogP contribution in [0.4, 0.5) is 0 Å². The van der Waals surface area contributed by atoms with E-state index in [0.29, 0.717) is 6.04 Å². The molecule has 0 aliphatic carbocycles. The highest BCUT2D eigenvalue weighted by Crippen LogP contribution is 2.34. The van der Waals surface area contributed by atoms with Crippen LogP contribution in [-0.2, 0) is 0 Å². The van der Waals surface area contributed by atoms with Crippen LogP contribution in [-0.4, -0.2) is 35.6 Å². The largest absolute Gasteiger partial charge is 0.315 e. The number of hydrogen-bond donors (Lipinski definition) is 1. The van der Waals surface area contributed by atoms with Crippen LogP contribution in [0.2, 0.25) is 0 Å². The van der Waals surface area contributed by atoms with E-state index in [2.05, 4.69) is 27.3 Å². The SMILES string of the molecule is c1cc(C2CCCN2C2CCNC2)ccn1. The summed E-state index contributed by atoms with van der Waals surface area (Å²) in [7, 11) is 0. The molecule has 3 nitrogen and oxygen atoms in total. The Hall–Kier alpha value is -0.930. The molecule has 0 amide bonds. The first-order valence-electron chi connectivity index (χ1n) is 6.31. The average molecular weight is 217 g/mol. The van der Waals surface area contributed by atoms with Crippen LogP contribution in [0.5, 0.6) is 0 Å². The fourth-order valence-electron chi connectivity index (χ4n) is 3.09. The van der Waals surface area contributed by atoms with Crippen LogP contribution < -0.4 is 5.32 Å². The van der Waals surface area contributed by atoms with Crippen molar-refractivity contribution in [1.82, 2.24) is 15.2 Å². The predicted octanol–water partition coefficient (Wildman–Crippen LogP) is 1.58. The Bertz CT molecular complexity index is 332. The van der Waals surface area contributed by atoms with E-state index in [1.807, 2.05) is 12.4 Å². The molecule has 3 heterocycles. The highest BCUT2D eigenvalue weighted by Gasteiger charge is 2.32. The zero-order valence-corrected chi connectivity index (χ0v) is 9.60. The third kappa shape index (κ3) is 1.85. The first kappa shape index (κ1) is 10.2. The van der Waals surface area contributed by atoms with Crippen LogP contribution in [0.1, 0.15) is 30.9 Å². The molecule has 1 aromatic rings. The van der Waals surface area contributed by atoms with Crippen LogP contribution in [0.15, 0.2) is 24.5 Å². The van der Waals surface area contributed by atoms with Gasteiger partial charge in [-0.25, -0.2) is 0 Å². The molecular weight excluding hydrogens is 198 g/mol. The second-order valence-corrected chi connectivity index (χ2v) is 4.82. The molecule has 3 rings (SSSR count). The second-order valence-electron chi connectivity index (χ2n) is 4.82. The lowest BCUT2D eigenvalue weighted by molar-refractivity contribution is 0.192. The van der Waals surface area contributed by atoms with Gasteiger partial charge in [-0.05, 0) is 50.0 Å². The van der Waals surface area contributed by atoms with E-state index in [0.717, 1.165) is 6.04 Å². The highest BCUT2D eigenvalue weighted by molar-refractivity contribution is 5.17. The summed E-state index contributed by atoms with van der Waals surface area (Å²) in [4.78, 5) is 6.80. The smallest absolute Gasteiger partial charge is 0.0353 e. The summed E-state index contributed by atoms with van der Waals surface area (Å²) in [5.74, 6) is 0. The minimum absolute atomic E-state index is 0.632. The monoisotopic (exact) mass is 217 g/mol. The molecule has 1 N–H and O–H groups in total. The van der Waals surface area contributed by atoms with Crippen molar-refractivity contribution >= 4 is 0 Å². The summed E-state index contributed by atoms with van der Waals surface area (Å²) >= 11 is 0. The molecule has 0 bridgehead atoms. The lowest BCUT2D eigenvalue weighted by Crippen LogP contribution is -2.36. The zero-order chi connectivity index (χ0) is 10.8. The van der Waals surface area contributed by atoms with Gasteiger partial charge in [-0.2, -0.15) is 0 Å². The van der Waals surface area contributed by atoms with Crippen LogP contribution in [0.25, 0.3) is 0 Å². The highest BCUT2D eigenvalue weighted by atomic mass is 15.2. The number of nitrogens with one attached hydrogen (secondary N) is 1. The van der Waals surface area contributed by atoms with E-state index in [4.69, 9.17) is 0 Å². The minimum atomic E-state index is 0.632. The van der Waals surface area contributed by atoms with Gasteiger partial charge in [0.15, 0.2) is 0 Å². The molecule has 2 unspecified atom stereocenters. The Labute approximate surface area is 96.9 Å². The van der Waals surface area contributed by atoms with Gasteiger partial charge in [0.2, 0.25) is 0 Å². The number of nitrogens with zero attached hydrogens (tertiary/aromatic N) is 2. The van der Waals surface area contributed by atoms with Gasteiger partial charge in [0, 0.05) is 31.0 Å². The van der Waals surface area contributed by atoms with Crippen LogP contribution in [0.3, 0.4) is 0 Å². The minimum Gasteiger partial charge on any atom is -0.315 e. The van der Waals surface area contributed by atoms with E-state index in [9.17, 15) is 0 Å². The standard InChI is InChI=1S/C13H19N3/c1-2-13(11-3-6-14-7-4-11)16(9-1)12-5-8-15-10-12/h3-4,6-7,12-13,15H,1-2,5,8-10H2. The van der Waals surface area contributed by atoms with Crippen molar-refractivity contribution in [3.05, 3.63) is 30.1 Å². The Morgan fingerprint density at radius 1 is 1.25 bits per heavy atom. The van der Waals surface area contributed by atoms with Gasteiger partial charge < -0.3 is 5.32 Å². The van der Waals surface area contributed by atoms with Gasteiger partial charge >= 0.3 is 0 Å². The molecule has 16 heavy (non-hydrogen) atoms. The number of rotatable bonds is 2. The summed E-state index contributed by atoms with van der Waals surface area (Å²) in [5, 5.41) is 3.47. The molecule has 86 valence electrons. The molecule has 2 saturated heterocycles. The summed E-state index contributed by atoms with van der Waals surface area (Å²) in [6.07, 6.45) is 7.78. The zero-order valence-electron chi connectivity index (χ0n) is 9.60. The molecule has 0 radical (unpaired) electrons. The Morgan fingerprint density at radius 2 is 2.12 bits per heavy atom. The molecule has 2 atom stereocenters. The van der Waals surface area contributed by atoms with Crippen molar-refractivity contribution in [2.24, 2.45) is 0 Å². The molecule has 3 heteroatoms. The van der Waals surface area contributed by atoms with Crippen molar-refractivity contribution in [2.45, 2.75) is 31.3 Å². The molecular formula is C13H19N3. The van der Waals surface area contributed by atoms with Crippen molar-refractivity contribution in [3.8, 4) is 0 Å². The molecule has 0 aromatic carbocycles. The molecule has 2 aliphatic rings. The summed E-state index contributed by atoms with van der Waals surface area (Å²) in [6.45, 7) is 3.62. The molecule has 0 spiro atoms. The number of hydrogen-bond acceptors (Lipinski definition) is 3. The third-order valence-corrected chi connectivity index (χ3v) is 3.89. The van der Waals surface area contributed by atoms with E-state index < -0.39 is 0 Å². The quantitative estimate of drug-likeness (QED) is 0.815. The van der Waals surface area contributed by atoms with Gasteiger partial charge in [-0.15, -0.1) is 0 Å². The Kier molecular flexibility index (Phi) is 2.89. The van der Waals surface area contributed by atoms with Gasteiger partial charge in [-0.3, -0.25) is 9.88 Å². The first-order chi connectivity index (χ1) is 7.95. The van der Waals surface area contributed by atoms with Crippen LogP contribution >= 0.6 is 0 Å². The van der Waals surface area contributed by atoms with Gasteiger partial charge in [0.05, 0.1) is 0 Å². The molecule has 1 aromatic heterocycles. The van der Waals surface area contributed by atoms with E-state index >= 15 is 0 Å². The number of likely N-dealkylation sites (tertiary alicyclic amines) is 1. The third-order valence-electron chi connectivity index (χ3n) is 3.89. The lowest BCUT2D eigenvalue weighted by atomic mass is 10.0. The maximum absolute atomic E-state index is 4.11. The van der Waals surface area contributed by atoms with E-state index in [1.165, 1.54) is 44.5 Å². The van der Waals surface area contributed by atoms with Crippen molar-refractivity contribution in [2.75, 3.05) is 19.6 Å². The predicted molar refractivity (Wildman–Crippen MR) is 64.2 cm³/mol. The summed E-state index contributed by atoms with van der Waals surface area (Å²) < 4.78 is 0. The lowest BCUT2D eigenvalue weighted by Gasteiger charge is -2.30. The van der Waals surface area contributed by atoms with Gasteiger partial charge in [0.25, 0.3) is 0 Å². The van der Waals surface area contributed by atoms with E-state index in [1.54, 1.807) is 0 Å². The Morgan fingerprint density at radius 3 is 2.88 bits per heavy atom. The fraction of sp³-hybridized carbons (Fsp3) is 0.615. The molecule has 2 fully saturated rings. The molecule has 2 aliphatic heterocycles. The normalized spacial score (nSPS) is 31.0. The summed E-state index contributed by atoms with van der Waals surface area (Å²) in [5.41, 5.74) is 1.44. The first-order valence-corrected chi connectivity index (χ1v) is 6.31. The van der Waals surface area contributed by atoms with Crippen LogP contribution in [0, 0.1) is 0 Å². The van der Waals surface area contributed by atoms with Gasteiger partial charge in [-0.1, -0.05) is 0 Å². The Balaban J connectivity index is 1.78. The number of pyridine rings is 1. The molecule has 0 saturated carbocycles. The maximum atomic E-state index is 4.11. The topological polar surface area (TPSA) is 28.2 Å². The van der Waals surface area contributed by atoms with Crippen molar-refractivity contribution < 1.29 is 0 Å². The van der Waals surface area contributed by atoms with Crippen molar-refractivity contribution in [1.29, 1.82) is 0 Å².